The first-order valence-electron chi connectivity index (χ1n) is 14.7. The minimum absolute atomic E-state index is 0.111. The summed E-state index contributed by atoms with van der Waals surface area (Å²) >= 11 is 0. The largest absolute Gasteiger partial charge is 0.508 e. The molecule has 1 saturated carbocycles. The van der Waals surface area contributed by atoms with Crippen LogP contribution in [0.25, 0.3) is 11.1 Å². The van der Waals surface area contributed by atoms with Crippen LogP contribution in [0.4, 0.5) is 5.69 Å². The minimum atomic E-state index is -0.940. The van der Waals surface area contributed by atoms with E-state index >= 15 is 0 Å². The summed E-state index contributed by atoms with van der Waals surface area (Å²) in [5, 5.41) is 21.7. The molecule has 0 bridgehead atoms. The van der Waals surface area contributed by atoms with E-state index < -0.39 is 11.0 Å². The Morgan fingerprint density at radius 3 is 2.20 bits per heavy atom. The number of phenols is 1. The molecule has 5 heteroatoms. The highest BCUT2D eigenvalue weighted by Gasteiger charge is 2.64. The first-order valence-corrected chi connectivity index (χ1v) is 14.7. The van der Waals surface area contributed by atoms with Crippen molar-refractivity contribution in [2.45, 2.75) is 57.1 Å². The molecule has 2 aliphatic rings. The number of unbranched alkanes of at least 4 members (excludes halogenated alkanes) is 1. The maximum absolute atomic E-state index is 14.1. The van der Waals surface area contributed by atoms with Crippen molar-refractivity contribution in [3.05, 3.63) is 114 Å². The second-order valence-corrected chi connectivity index (χ2v) is 11.5. The SMILES string of the molecule is CCCCOc1cc(-c2cccc(O)c2)ccc1[C@H]1N(c2ccccc2)C(=O)C12CCC(O)(c1ccccc1)CC2. The van der Waals surface area contributed by atoms with Gasteiger partial charge in [0.15, 0.2) is 0 Å². The molecule has 1 saturated heterocycles. The molecule has 2 N–H and O–H groups in total. The van der Waals surface area contributed by atoms with Crippen LogP contribution >= 0.6 is 0 Å². The van der Waals surface area contributed by atoms with E-state index in [-0.39, 0.29) is 17.7 Å². The molecular weight excluding hydrogens is 510 g/mol. The van der Waals surface area contributed by atoms with E-state index in [1.54, 1.807) is 12.1 Å². The van der Waals surface area contributed by atoms with E-state index in [2.05, 4.69) is 19.1 Å². The number of rotatable bonds is 8. The Morgan fingerprint density at radius 2 is 1.51 bits per heavy atom. The van der Waals surface area contributed by atoms with Gasteiger partial charge in [-0.3, -0.25) is 4.79 Å². The van der Waals surface area contributed by atoms with Crippen LogP contribution in [0, 0.1) is 5.41 Å². The fourth-order valence-electron chi connectivity index (χ4n) is 6.66. The molecule has 2 fully saturated rings. The Hall–Kier alpha value is -4.09. The number of ether oxygens (including phenoxy) is 1. The fraction of sp³-hybridized carbons (Fsp3) is 0.306. The van der Waals surface area contributed by atoms with Crippen molar-refractivity contribution in [3.8, 4) is 22.6 Å². The third kappa shape index (κ3) is 4.89. The lowest BCUT2D eigenvalue weighted by molar-refractivity contribution is -0.149. The zero-order valence-electron chi connectivity index (χ0n) is 23.5. The molecule has 0 unspecified atom stereocenters. The Morgan fingerprint density at radius 1 is 0.829 bits per heavy atom. The number of anilines is 1. The zero-order valence-corrected chi connectivity index (χ0v) is 23.5. The number of nitrogens with zero attached hydrogens (tertiary/aromatic N) is 1. The van der Waals surface area contributed by atoms with Crippen LogP contribution in [0.1, 0.15) is 62.6 Å². The highest BCUT2D eigenvalue weighted by atomic mass is 16.5. The average molecular weight is 548 g/mol. The van der Waals surface area contributed by atoms with Gasteiger partial charge in [0.1, 0.15) is 11.5 Å². The Kier molecular flexibility index (Phi) is 7.31. The lowest BCUT2D eigenvalue weighted by atomic mass is 9.56. The second kappa shape index (κ2) is 11.1. The van der Waals surface area contributed by atoms with Crippen molar-refractivity contribution in [2.75, 3.05) is 11.5 Å². The van der Waals surface area contributed by atoms with Crippen molar-refractivity contribution in [1.82, 2.24) is 0 Å². The number of hydrogen-bond donors (Lipinski definition) is 2. The molecule has 1 aliphatic heterocycles. The van der Waals surface area contributed by atoms with E-state index in [0.717, 1.165) is 46.5 Å². The number of carbonyl (C=O) groups excluding carboxylic acids is 1. The van der Waals surface area contributed by atoms with E-state index in [1.807, 2.05) is 83.8 Å². The van der Waals surface area contributed by atoms with Gasteiger partial charge in [-0.1, -0.05) is 86.1 Å². The monoisotopic (exact) mass is 547 g/mol. The zero-order chi connectivity index (χ0) is 28.5. The lowest BCUT2D eigenvalue weighted by Crippen LogP contribution is -2.65. The molecule has 5 nitrogen and oxygen atoms in total. The van der Waals surface area contributed by atoms with Crippen LogP contribution in [0.5, 0.6) is 11.5 Å². The molecule has 4 aromatic rings. The van der Waals surface area contributed by atoms with E-state index in [9.17, 15) is 15.0 Å². The first kappa shape index (κ1) is 27.1. The Balaban J connectivity index is 1.41. The molecule has 6 rings (SSSR count). The maximum atomic E-state index is 14.1. The van der Waals surface area contributed by atoms with Crippen LogP contribution in [-0.2, 0) is 10.4 Å². The number of benzene rings is 4. The molecule has 1 heterocycles. The summed E-state index contributed by atoms with van der Waals surface area (Å²) < 4.78 is 6.44. The molecule has 4 aromatic carbocycles. The summed E-state index contributed by atoms with van der Waals surface area (Å²) in [5.74, 6) is 1.09. The van der Waals surface area contributed by atoms with E-state index in [4.69, 9.17) is 4.74 Å². The standard InChI is InChI=1S/C36H37NO4/c1-2-3-23-41-32-25-27(26-11-10-16-30(38)24-26)17-18-31(32)33-35(34(39)37(33)29-14-8-5-9-15-29)19-21-36(40,22-20-35)28-12-6-4-7-13-28/h4-18,24-25,33,38,40H,2-3,19-23H2,1H3/t33-,35?,36?/m1/s1. The number of carbonyl (C=O) groups is 1. The van der Waals surface area contributed by atoms with Gasteiger partial charge in [-0.15, -0.1) is 0 Å². The van der Waals surface area contributed by atoms with Gasteiger partial charge >= 0.3 is 0 Å². The third-order valence-electron chi connectivity index (χ3n) is 8.98. The van der Waals surface area contributed by atoms with Gasteiger partial charge in [0.25, 0.3) is 0 Å². The third-order valence-corrected chi connectivity index (χ3v) is 8.98. The van der Waals surface area contributed by atoms with Gasteiger partial charge in [-0.25, -0.2) is 0 Å². The fourth-order valence-corrected chi connectivity index (χ4v) is 6.66. The number of β-lactam (4-membered cyclic amide) rings is 1. The summed E-state index contributed by atoms with van der Waals surface area (Å²) in [6.07, 6.45) is 4.17. The predicted octanol–water partition coefficient (Wildman–Crippen LogP) is 7.77. The number of aliphatic hydroxyl groups is 1. The molecule has 1 amide bonds. The molecular formula is C36H37NO4. The predicted molar refractivity (Wildman–Crippen MR) is 162 cm³/mol. The number of phenolic OH excluding ortho intramolecular Hbond substituents is 1. The van der Waals surface area contributed by atoms with Crippen LogP contribution in [0.15, 0.2) is 103 Å². The van der Waals surface area contributed by atoms with Gasteiger partial charge in [0, 0.05) is 11.3 Å². The molecule has 0 aromatic heterocycles. The van der Waals surface area contributed by atoms with E-state index in [0.29, 0.717) is 32.3 Å². The number of hydrogen-bond acceptors (Lipinski definition) is 4. The highest BCUT2D eigenvalue weighted by molar-refractivity contribution is 6.06. The van der Waals surface area contributed by atoms with Gasteiger partial charge in [0.2, 0.25) is 5.91 Å². The number of aromatic hydroxyl groups is 1. The van der Waals surface area contributed by atoms with Crippen LogP contribution in [-0.4, -0.2) is 22.7 Å². The summed E-state index contributed by atoms with van der Waals surface area (Å²) in [6.45, 7) is 2.72. The number of amides is 1. The van der Waals surface area contributed by atoms with Crippen LogP contribution in [0.2, 0.25) is 0 Å². The number of para-hydroxylation sites is 1. The van der Waals surface area contributed by atoms with Gasteiger partial charge in [-0.2, -0.15) is 0 Å². The minimum Gasteiger partial charge on any atom is -0.508 e. The molecule has 210 valence electrons. The molecule has 1 aliphatic carbocycles. The molecule has 41 heavy (non-hydrogen) atoms. The Labute approximate surface area is 242 Å². The van der Waals surface area contributed by atoms with Crippen molar-refractivity contribution >= 4 is 11.6 Å². The first-order chi connectivity index (χ1) is 19.9. The summed E-state index contributed by atoms with van der Waals surface area (Å²) in [4.78, 5) is 16.1. The smallest absolute Gasteiger partial charge is 0.236 e. The second-order valence-electron chi connectivity index (χ2n) is 11.5. The summed E-state index contributed by atoms with van der Waals surface area (Å²) in [7, 11) is 0. The normalized spacial score (nSPS) is 23.8. The van der Waals surface area contributed by atoms with Crippen LogP contribution in [0.3, 0.4) is 0 Å². The van der Waals surface area contributed by atoms with Crippen LogP contribution < -0.4 is 9.64 Å². The summed E-state index contributed by atoms with van der Waals surface area (Å²) in [6, 6.07) is 32.9. The van der Waals surface area contributed by atoms with Crippen molar-refractivity contribution in [1.29, 1.82) is 0 Å². The highest BCUT2D eigenvalue weighted by Crippen LogP contribution is 2.62. The Bertz CT molecular complexity index is 1510. The van der Waals surface area contributed by atoms with Gasteiger partial charge in [0.05, 0.1) is 23.7 Å². The van der Waals surface area contributed by atoms with Crippen molar-refractivity contribution in [2.24, 2.45) is 5.41 Å². The molecule has 1 atom stereocenters. The average Bonchev–Trinajstić information content (AvgIpc) is 3.01. The van der Waals surface area contributed by atoms with Gasteiger partial charge < -0.3 is 19.8 Å². The summed E-state index contributed by atoms with van der Waals surface area (Å²) in [5.41, 5.74) is 3.06. The van der Waals surface area contributed by atoms with E-state index in [1.165, 1.54) is 0 Å². The lowest BCUT2D eigenvalue weighted by Gasteiger charge is -2.59. The van der Waals surface area contributed by atoms with Crippen molar-refractivity contribution < 1.29 is 19.7 Å². The maximum Gasteiger partial charge on any atom is 0.236 e. The molecule has 0 radical (unpaired) electrons. The topological polar surface area (TPSA) is 70.0 Å². The molecule has 1 spiro atoms. The van der Waals surface area contributed by atoms with Gasteiger partial charge in [-0.05, 0) is 79.1 Å². The quantitative estimate of drug-likeness (QED) is 0.175. The van der Waals surface area contributed by atoms with Crippen molar-refractivity contribution in [3.63, 3.8) is 0 Å².